The summed E-state index contributed by atoms with van der Waals surface area (Å²) in [5, 5.41) is 0.133. The Bertz CT molecular complexity index is 1930. The SMILES string of the molecule is COC1(OC)CC2(CN(C(=O)c3cc(S(=O)(=O)N(C)c4c(C)n(C)n(-c5ccccc5)c4=O)ccc3Cl)C2c2ccccc2)C1. The minimum atomic E-state index is -4.27. The molecule has 1 saturated carbocycles. The number of hydrogen-bond donors (Lipinski definition) is 0. The van der Waals surface area contributed by atoms with Crippen LogP contribution >= 0.6 is 11.6 Å². The number of carbonyl (C=O) groups is 1. The molecule has 1 aliphatic carbocycles. The average molecular weight is 651 g/mol. The second kappa shape index (κ2) is 11.2. The van der Waals surface area contributed by atoms with E-state index in [2.05, 4.69) is 0 Å². The number of benzene rings is 3. The molecule has 45 heavy (non-hydrogen) atoms. The van der Waals surface area contributed by atoms with E-state index in [0.717, 1.165) is 9.87 Å². The summed E-state index contributed by atoms with van der Waals surface area (Å²) in [6.07, 6.45) is 1.22. The Kier molecular flexibility index (Phi) is 7.72. The van der Waals surface area contributed by atoms with Crippen molar-refractivity contribution in [2.24, 2.45) is 12.5 Å². The Morgan fingerprint density at radius 3 is 2.18 bits per heavy atom. The van der Waals surface area contributed by atoms with Crippen LogP contribution in [-0.2, 0) is 26.5 Å². The van der Waals surface area contributed by atoms with Gasteiger partial charge in [-0.3, -0.25) is 18.6 Å². The van der Waals surface area contributed by atoms with Gasteiger partial charge in [-0.15, -0.1) is 0 Å². The van der Waals surface area contributed by atoms with Gasteiger partial charge in [0.15, 0.2) is 5.79 Å². The number of aromatic nitrogens is 2. The van der Waals surface area contributed by atoms with E-state index in [1.807, 2.05) is 36.4 Å². The number of methoxy groups -OCH3 is 2. The van der Waals surface area contributed by atoms with E-state index in [4.69, 9.17) is 21.1 Å². The number of likely N-dealkylation sites (tertiary alicyclic amines) is 1. The van der Waals surface area contributed by atoms with Gasteiger partial charge in [-0.2, -0.15) is 0 Å². The van der Waals surface area contributed by atoms with Crippen molar-refractivity contribution in [1.82, 2.24) is 14.3 Å². The van der Waals surface area contributed by atoms with Crippen LogP contribution in [-0.4, -0.2) is 62.2 Å². The molecular weight excluding hydrogens is 616 g/mol. The van der Waals surface area contributed by atoms with Gasteiger partial charge >= 0.3 is 0 Å². The van der Waals surface area contributed by atoms with Gasteiger partial charge in [0, 0.05) is 53.1 Å². The minimum Gasteiger partial charge on any atom is -0.353 e. The number of sulfonamides is 1. The van der Waals surface area contributed by atoms with E-state index in [0.29, 0.717) is 30.8 Å². The van der Waals surface area contributed by atoms with E-state index in [1.54, 1.807) is 62.0 Å². The van der Waals surface area contributed by atoms with Gasteiger partial charge in [0.05, 0.1) is 32.9 Å². The number of nitrogens with zero attached hydrogens (tertiary/aromatic N) is 4. The van der Waals surface area contributed by atoms with Crippen molar-refractivity contribution in [3.8, 4) is 5.69 Å². The van der Waals surface area contributed by atoms with Crippen LogP contribution in [0.2, 0.25) is 5.02 Å². The lowest BCUT2D eigenvalue weighted by Gasteiger charge is -2.67. The minimum absolute atomic E-state index is 0.00255. The first-order valence-electron chi connectivity index (χ1n) is 14.5. The zero-order valence-electron chi connectivity index (χ0n) is 25.7. The second-order valence-electron chi connectivity index (χ2n) is 11.8. The van der Waals surface area contributed by atoms with Crippen LogP contribution in [0.3, 0.4) is 0 Å². The summed E-state index contributed by atoms with van der Waals surface area (Å²) in [4.78, 5) is 29.3. The highest BCUT2D eigenvalue weighted by Crippen LogP contribution is 2.65. The van der Waals surface area contributed by atoms with Gasteiger partial charge in [-0.25, -0.2) is 13.1 Å². The fourth-order valence-corrected chi connectivity index (χ4v) is 8.44. The van der Waals surface area contributed by atoms with Gasteiger partial charge in [-0.1, -0.05) is 60.1 Å². The fraction of sp³-hybridized carbons (Fsp3) is 0.333. The van der Waals surface area contributed by atoms with Gasteiger partial charge in [0.2, 0.25) is 0 Å². The molecule has 2 aliphatic rings. The molecular formula is C33H35ClN4O6S. The molecule has 0 bridgehead atoms. The maximum Gasteiger partial charge on any atom is 0.296 e. The third kappa shape index (κ3) is 4.80. The fourth-order valence-electron chi connectivity index (χ4n) is 6.97. The number of para-hydroxylation sites is 1. The first-order valence-corrected chi connectivity index (χ1v) is 16.3. The molecule has 1 spiro atoms. The normalized spacial score (nSPS) is 18.4. The van der Waals surface area contributed by atoms with Crippen molar-refractivity contribution in [2.75, 3.05) is 32.1 Å². The molecule has 236 valence electrons. The number of halogens is 1. The quantitative estimate of drug-likeness (QED) is 0.251. The summed E-state index contributed by atoms with van der Waals surface area (Å²) in [7, 11) is 2.00. The van der Waals surface area contributed by atoms with Crippen LogP contribution in [0.15, 0.2) is 88.6 Å². The molecule has 12 heteroatoms. The summed E-state index contributed by atoms with van der Waals surface area (Å²) in [6, 6.07) is 22.5. The second-order valence-corrected chi connectivity index (χ2v) is 14.2. The number of amides is 1. The smallest absolute Gasteiger partial charge is 0.296 e. The van der Waals surface area contributed by atoms with Crippen molar-refractivity contribution in [2.45, 2.75) is 36.5 Å². The Hall–Kier alpha value is -3.90. The van der Waals surface area contributed by atoms with Crippen molar-refractivity contribution in [3.63, 3.8) is 0 Å². The monoisotopic (exact) mass is 650 g/mol. The molecule has 1 unspecified atom stereocenters. The zero-order valence-corrected chi connectivity index (χ0v) is 27.3. The summed E-state index contributed by atoms with van der Waals surface area (Å²) in [5.41, 5.74) is 1.36. The van der Waals surface area contributed by atoms with Crippen LogP contribution in [0.4, 0.5) is 5.69 Å². The van der Waals surface area contributed by atoms with Crippen molar-refractivity contribution < 1.29 is 22.7 Å². The standard InChI is InChI=1S/C33H35ClN4O6S/c1-22-28(31(40)38(35(22)2)24-14-10-7-11-15-24)36(3)45(41,42)25-16-17-27(34)26(18-25)30(39)37-21-32(19-33(20-32,43-4)44-5)29(37)23-12-8-6-9-13-23/h6-18,29H,19-21H2,1-5H3. The molecule has 0 radical (unpaired) electrons. The zero-order chi connectivity index (χ0) is 32.3. The summed E-state index contributed by atoms with van der Waals surface area (Å²) < 4.78 is 43.3. The molecule has 2 fully saturated rings. The Morgan fingerprint density at radius 2 is 1.58 bits per heavy atom. The predicted octanol–water partition coefficient (Wildman–Crippen LogP) is 4.93. The van der Waals surface area contributed by atoms with Gasteiger partial charge < -0.3 is 14.4 Å². The highest BCUT2D eigenvalue weighted by atomic mass is 35.5. The van der Waals surface area contributed by atoms with E-state index in [1.165, 1.54) is 29.9 Å². The molecule has 0 N–H and O–H groups in total. The molecule has 1 aromatic heterocycles. The molecule has 2 heterocycles. The van der Waals surface area contributed by atoms with Gasteiger partial charge in [0.1, 0.15) is 5.69 Å². The van der Waals surface area contributed by atoms with Crippen LogP contribution in [0.1, 0.15) is 40.5 Å². The lowest BCUT2D eigenvalue weighted by molar-refractivity contribution is -0.330. The molecule has 10 nitrogen and oxygen atoms in total. The number of rotatable bonds is 8. The predicted molar refractivity (Wildman–Crippen MR) is 171 cm³/mol. The van der Waals surface area contributed by atoms with Crippen LogP contribution in [0, 0.1) is 12.3 Å². The third-order valence-electron chi connectivity index (χ3n) is 9.41. The number of hydrogen-bond acceptors (Lipinski definition) is 6. The maximum atomic E-state index is 14.1. The Balaban J connectivity index is 1.34. The molecule has 1 saturated heterocycles. The van der Waals surface area contributed by atoms with E-state index in [9.17, 15) is 18.0 Å². The number of anilines is 1. The third-order valence-corrected chi connectivity index (χ3v) is 11.5. The van der Waals surface area contributed by atoms with Crippen LogP contribution < -0.4 is 9.86 Å². The number of ether oxygens (including phenoxy) is 2. The maximum absolute atomic E-state index is 14.1. The van der Waals surface area contributed by atoms with Crippen molar-refractivity contribution in [1.29, 1.82) is 0 Å². The van der Waals surface area contributed by atoms with E-state index < -0.39 is 21.4 Å². The summed E-state index contributed by atoms with van der Waals surface area (Å²) >= 11 is 6.56. The largest absolute Gasteiger partial charge is 0.353 e. The summed E-state index contributed by atoms with van der Waals surface area (Å²) in [5.74, 6) is -1.08. The van der Waals surface area contributed by atoms with Crippen molar-refractivity contribution in [3.05, 3.63) is 111 Å². The molecule has 1 aliphatic heterocycles. The van der Waals surface area contributed by atoms with Crippen LogP contribution in [0.25, 0.3) is 5.69 Å². The molecule has 3 aromatic carbocycles. The highest BCUT2D eigenvalue weighted by molar-refractivity contribution is 7.92. The summed E-state index contributed by atoms with van der Waals surface area (Å²) in [6.45, 7) is 2.13. The van der Waals surface area contributed by atoms with Crippen LogP contribution in [0.5, 0.6) is 0 Å². The molecule has 1 amide bonds. The Morgan fingerprint density at radius 1 is 0.978 bits per heavy atom. The van der Waals surface area contributed by atoms with Gasteiger partial charge in [0.25, 0.3) is 21.5 Å². The van der Waals surface area contributed by atoms with E-state index in [-0.39, 0.29) is 38.5 Å². The Labute approximate surface area is 267 Å². The lowest BCUT2D eigenvalue weighted by atomic mass is 9.53. The first-order chi connectivity index (χ1) is 21.4. The van der Waals surface area contributed by atoms with Crippen molar-refractivity contribution >= 4 is 33.2 Å². The molecule has 4 aromatic rings. The topological polar surface area (TPSA) is 103 Å². The first kappa shape index (κ1) is 31.1. The average Bonchev–Trinajstić information content (AvgIpc) is 3.23. The molecule has 6 rings (SSSR count). The molecule has 1 atom stereocenters. The number of carbonyl (C=O) groups excluding carboxylic acids is 1. The van der Waals surface area contributed by atoms with Gasteiger partial charge in [-0.05, 0) is 42.8 Å². The lowest BCUT2D eigenvalue weighted by Crippen LogP contribution is -2.71. The van der Waals surface area contributed by atoms with E-state index >= 15 is 0 Å². The highest BCUT2D eigenvalue weighted by Gasteiger charge is 2.67.